The minimum Gasteiger partial charge on any atom is -0.285 e. The van der Waals surface area contributed by atoms with Gasteiger partial charge in [0.2, 0.25) is 5.78 Å². The molecule has 0 radical (unpaired) electrons. The van der Waals surface area contributed by atoms with Gasteiger partial charge in [0.05, 0.1) is 9.82 Å². The highest BCUT2D eigenvalue weighted by Gasteiger charge is 2.18. The molecule has 0 amide bonds. The van der Waals surface area contributed by atoms with Crippen molar-refractivity contribution in [1.82, 2.24) is 0 Å². The zero-order chi connectivity index (χ0) is 13.9. The van der Waals surface area contributed by atoms with Crippen LogP contribution in [0.5, 0.6) is 0 Å². The minimum atomic E-state index is -4.05. The molecule has 0 atom stereocenters. The summed E-state index contributed by atoms with van der Waals surface area (Å²) in [6, 6.07) is 3.01. The van der Waals surface area contributed by atoms with Crippen molar-refractivity contribution < 1.29 is 18.1 Å². The maximum absolute atomic E-state index is 11.0. The average Bonchev–Trinajstić information content (AvgIpc) is 2.24. The van der Waals surface area contributed by atoms with E-state index in [1.165, 1.54) is 6.92 Å². The predicted octanol–water partition coefficient (Wildman–Crippen LogP) is 1.46. The second-order valence-corrected chi connectivity index (χ2v) is 5.75. The van der Waals surface area contributed by atoms with Crippen molar-refractivity contribution in [3.8, 4) is 11.8 Å². The van der Waals surface area contributed by atoms with Crippen molar-refractivity contribution in [2.24, 2.45) is 0 Å². The Bertz CT molecular complexity index is 684. The summed E-state index contributed by atoms with van der Waals surface area (Å²) in [5, 5.41) is 10.8. The van der Waals surface area contributed by atoms with E-state index in [4.69, 9.17) is 10.7 Å². The summed E-state index contributed by atoms with van der Waals surface area (Å²) >= 11 is 0. The smallest absolute Gasteiger partial charge is 0.285 e. The van der Waals surface area contributed by atoms with E-state index in [-0.39, 0.29) is 5.56 Å². The molecule has 1 aromatic rings. The largest absolute Gasteiger partial charge is 0.286 e. The highest BCUT2D eigenvalue weighted by molar-refractivity contribution is 8.13. The standard InChI is InChI=1S/C10H6ClNO5S/c1-7(13)2-3-8-4-5-9(18(11,16)17)6-10(8)12(14)15/h4-6H,1H3. The third kappa shape index (κ3) is 3.55. The number of hydrogen-bond acceptors (Lipinski definition) is 5. The number of hydrogen-bond donors (Lipinski definition) is 0. The van der Waals surface area contributed by atoms with E-state index in [0.717, 1.165) is 18.2 Å². The van der Waals surface area contributed by atoms with Crippen molar-refractivity contribution in [2.45, 2.75) is 11.8 Å². The second kappa shape index (κ2) is 5.16. The number of rotatable bonds is 2. The van der Waals surface area contributed by atoms with Gasteiger partial charge in [0.1, 0.15) is 5.56 Å². The SMILES string of the molecule is CC(=O)C#Cc1ccc(S(=O)(=O)Cl)cc1[N+](=O)[O-]. The Morgan fingerprint density at radius 3 is 2.50 bits per heavy atom. The van der Waals surface area contributed by atoms with Crippen LogP contribution in [0.4, 0.5) is 5.69 Å². The van der Waals surface area contributed by atoms with Gasteiger partial charge in [-0.25, -0.2) is 8.42 Å². The number of ketones is 1. The van der Waals surface area contributed by atoms with Crippen LogP contribution in [0.15, 0.2) is 23.1 Å². The molecule has 1 rings (SSSR count). The van der Waals surface area contributed by atoms with E-state index in [2.05, 4.69) is 11.8 Å². The minimum absolute atomic E-state index is 0.0562. The van der Waals surface area contributed by atoms with Gasteiger partial charge in [-0.05, 0) is 18.1 Å². The van der Waals surface area contributed by atoms with Gasteiger partial charge in [0.25, 0.3) is 14.7 Å². The Kier molecular flexibility index (Phi) is 4.06. The van der Waals surface area contributed by atoms with E-state index in [9.17, 15) is 23.3 Å². The molecule has 0 saturated heterocycles. The van der Waals surface area contributed by atoms with Gasteiger partial charge in [-0.2, -0.15) is 0 Å². The fourth-order valence-corrected chi connectivity index (χ4v) is 1.85. The van der Waals surface area contributed by atoms with Crippen LogP contribution < -0.4 is 0 Å². The van der Waals surface area contributed by atoms with Gasteiger partial charge in [0, 0.05) is 23.7 Å². The fourth-order valence-electron chi connectivity index (χ4n) is 1.08. The molecular formula is C10H6ClNO5S. The van der Waals surface area contributed by atoms with E-state index in [1.807, 2.05) is 0 Å². The van der Waals surface area contributed by atoms with Crippen molar-refractivity contribution in [2.75, 3.05) is 0 Å². The van der Waals surface area contributed by atoms with Crippen LogP contribution >= 0.6 is 10.7 Å². The number of nitrogens with zero attached hydrogens (tertiary/aromatic N) is 1. The monoisotopic (exact) mass is 287 g/mol. The maximum atomic E-state index is 11.0. The summed E-state index contributed by atoms with van der Waals surface area (Å²) in [5.41, 5.74) is -0.579. The molecule has 0 fully saturated rings. The van der Waals surface area contributed by atoms with E-state index < -0.39 is 30.3 Å². The van der Waals surface area contributed by atoms with E-state index in [1.54, 1.807) is 0 Å². The Balaban J connectivity index is 3.45. The Morgan fingerprint density at radius 2 is 2.06 bits per heavy atom. The topological polar surface area (TPSA) is 94.3 Å². The van der Waals surface area contributed by atoms with Crippen molar-refractivity contribution >= 4 is 31.2 Å². The van der Waals surface area contributed by atoms with Gasteiger partial charge in [-0.1, -0.05) is 5.92 Å². The van der Waals surface area contributed by atoms with Crippen LogP contribution in [-0.2, 0) is 13.8 Å². The Hall–Kier alpha value is -1.91. The predicted molar refractivity (Wildman–Crippen MR) is 63.7 cm³/mol. The molecule has 6 nitrogen and oxygen atoms in total. The molecular weight excluding hydrogens is 282 g/mol. The van der Waals surface area contributed by atoms with Gasteiger partial charge in [-0.3, -0.25) is 14.9 Å². The first-order valence-electron chi connectivity index (χ1n) is 4.47. The molecule has 0 N–H and O–H groups in total. The van der Waals surface area contributed by atoms with Crippen LogP contribution in [0.1, 0.15) is 12.5 Å². The molecule has 0 spiro atoms. The summed E-state index contributed by atoms with van der Waals surface area (Å²) in [6.45, 7) is 1.20. The number of carbonyl (C=O) groups excluding carboxylic acids is 1. The van der Waals surface area contributed by atoms with Crippen molar-refractivity contribution in [3.63, 3.8) is 0 Å². The normalized spacial score (nSPS) is 10.3. The van der Waals surface area contributed by atoms with Crippen LogP contribution in [0.2, 0.25) is 0 Å². The Labute approximate surface area is 107 Å². The lowest BCUT2D eigenvalue weighted by molar-refractivity contribution is -0.385. The summed E-state index contributed by atoms with van der Waals surface area (Å²) in [6.07, 6.45) is 0. The zero-order valence-corrected chi connectivity index (χ0v) is 10.6. The summed E-state index contributed by atoms with van der Waals surface area (Å²) in [4.78, 5) is 20.2. The first-order valence-corrected chi connectivity index (χ1v) is 6.78. The molecule has 0 aromatic heterocycles. The molecule has 1 aromatic carbocycles. The number of nitro benzene ring substituents is 1. The van der Waals surface area contributed by atoms with Crippen molar-refractivity contribution in [1.29, 1.82) is 0 Å². The maximum Gasteiger partial charge on any atom is 0.286 e. The molecule has 0 bridgehead atoms. The van der Waals surface area contributed by atoms with Gasteiger partial charge in [0.15, 0.2) is 0 Å². The summed E-state index contributed by atoms with van der Waals surface area (Å²) < 4.78 is 22.1. The molecule has 94 valence electrons. The van der Waals surface area contributed by atoms with Crippen LogP contribution in [0.25, 0.3) is 0 Å². The molecule has 0 aliphatic carbocycles. The number of carbonyl (C=O) groups is 1. The number of halogens is 1. The molecule has 0 unspecified atom stereocenters. The summed E-state index contributed by atoms with van der Waals surface area (Å²) in [7, 11) is 1.02. The Morgan fingerprint density at radius 1 is 1.44 bits per heavy atom. The molecule has 8 heteroatoms. The fraction of sp³-hybridized carbons (Fsp3) is 0.100. The quantitative estimate of drug-likeness (QED) is 0.355. The number of nitro groups is 1. The third-order valence-corrected chi connectivity index (χ3v) is 3.17. The molecule has 0 aliphatic heterocycles. The molecule has 0 aliphatic rings. The number of benzene rings is 1. The number of Topliss-reactive ketones (excluding diaryl/α,β-unsaturated/α-hetero) is 1. The molecule has 0 saturated carbocycles. The highest BCUT2D eigenvalue weighted by atomic mass is 35.7. The zero-order valence-electron chi connectivity index (χ0n) is 9.01. The summed E-state index contributed by atoms with van der Waals surface area (Å²) in [5.74, 6) is 3.97. The lowest BCUT2D eigenvalue weighted by Crippen LogP contribution is -1.97. The van der Waals surface area contributed by atoms with Crippen LogP contribution in [0, 0.1) is 22.0 Å². The second-order valence-electron chi connectivity index (χ2n) is 3.18. The van der Waals surface area contributed by atoms with Crippen molar-refractivity contribution in [3.05, 3.63) is 33.9 Å². The van der Waals surface area contributed by atoms with Gasteiger partial charge < -0.3 is 0 Å². The van der Waals surface area contributed by atoms with Crippen LogP contribution in [-0.4, -0.2) is 19.1 Å². The average molecular weight is 288 g/mol. The molecule has 18 heavy (non-hydrogen) atoms. The van der Waals surface area contributed by atoms with E-state index in [0.29, 0.717) is 0 Å². The first kappa shape index (κ1) is 14.2. The highest BCUT2D eigenvalue weighted by Crippen LogP contribution is 2.24. The first-order chi connectivity index (χ1) is 8.21. The molecule has 0 heterocycles. The lowest BCUT2D eigenvalue weighted by Gasteiger charge is -1.98. The van der Waals surface area contributed by atoms with Gasteiger partial charge in [-0.15, -0.1) is 0 Å². The van der Waals surface area contributed by atoms with Crippen LogP contribution in [0.3, 0.4) is 0 Å². The lowest BCUT2D eigenvalue weighted by atomic mass is 10.2. The van der Waals surface area contributed by atoms with Gasteiger partial charge >= 0.3 is 0 Å². The third-order valence-electron chi connectivity index (χ3n) is 1.82. The van der Waals surface area contributed by atoms with E-state index >= 15 is 0 Å².